The van der Waals surface area contributed by atoms with E-state index in [1.807, 2.05) is 18.2 Å². The Morgan fingerprint density at radius 2 is 1.95 bits per heavy atom. The quantitative estimate of drug-likeness (QED) is 0.369. The van der Waals surface area contributed by atoms with Crippen LogP contribution in [0.4, 0.5) is 11.4 Å². The molecule has 108 valence electrons. The molecule has 0 heterocycles. The Bertz CT molecular complexity index is 720. The van der Waals surface area contributed by atoms with E-state index in [9.17, 15) is 10.1 Å². The average molecular weight is 478 g/mol. The first-order valence-electron chi connectivity index (χ1n) is 5.66. The van der Waals surface area contributed by atoms with E-state index >= 15 is 0 Å². The van der Waals surface area contributed by atoms with Gasteiger partial charge in [0.05, 0.1) is 10.6 Å². The lowest BCUT2D eigenvalue weighted by Gasteiger charge is -2.05. The predicted molar refractivity (Wildman–Crippen MR) is 94.0 cm³/mol. The fourth-order valence-electron chi connectivity index (χ4n) is 1.50. The van der Waals surface area contributed by atoms with Gasteiger partial charge in [-0.2, -0.15) is 5.10 Å². The van der Waals surface area contributed by atoms with Gasteiger partial charge in [0.15, 0.2) is 0 Å². The van der Waals surface area contributed by atoms with E-state index in [1.165, 1.54) is 12.1 Å². The van der Waals surface area contributed by atoms with Crippen LogP contribution in [0.1, 0.15) is 5.56 Å². The highest BCUT2D eigenvalue weighted by atomic mass is 79.9. The number of halogens is 3. The molecule has 0 atom stereocenters. The van der Waals surface area contributed by atoms with Gasteiger partial charge < -0.3 is 0 Å². The van der Waals surface area contributed by atoms with E-state index in [0.29, 0.717) is 10.2 Å². The summed E-state index contributed by atoms with van der Waals surface area (Å²) in [6.45, 7) is 0. The molecule has 1 N–H and O–H groups in total. The Kier molecular flexibility index (Phi) is 5.49. The zero-order chi connectivity index (χ0) is 15.4. The second kappa shape index (κ2) is 7.15. The smallest absolute Gasteiger partial charge is 0.270 e. The molecule has 0 radical (unpaired) electrons. The summed E-state index contributed by atoms with van der Waals surface area (Å²) in [5.41, 5.74) is 4.30. The number of benzene rings is 2. The number of nitro benzene ring substituents is 1. The summed E-state index contributed by atoms with van der Waals surface area (Å²) in [6, 6.07) is 11.8. The highest BCUT2D eigenvalue weighted by Gasteiger charge is 2.08. The Hall–Kier alpha value is -1.25. The zero-order valence-corrected chi connectivity index (χ0v) is 15.1. The summed E-state index contributed by atoms with van der Waals surface area (Å²) < 4.78 is 2.27. The van der Waals surface area contributed by atoms with Crippen LogP contribution in [0, 0.1) is 10.1 Å². The maximum atomic E-state index is 10.8. The fourth-order valence-corrected chi connectivity index (χ4v) is 2.97. The van der Waals surface area contributed by atoms with Crippen LogP contribution in [0.25, 0.3) is 0 Å². The number of non-ortho nitro benzene ring substituents is 1. The molecular formula is C13H8Br3N3O2. The standard InChI is InChI=1S/C13H8Br3N3O2/c14-9-4-5-12(11(15)7-9)17-18-13(16)8-2-1-3-10(6-8)19(20)21/h1-7,17H/b18-13+. The topological polar surface area (TPSA) is 67.5 Å². The first-order valence-corrected chi connectivity index (χ1v) is 8.04. The van der Waals surface area contributed by atoms with Crippen molar-refractivity contribution < 1.29 is 4.92 Å². The van der Waals surface area contributed by atoms with Crippen LogP contribution in [-0.2, 0) is 0 Å². The summed E-state index contributed by atoms with van der Waals surface area (Å²) in [4.78, 5) is 10.3. The molecule has 0 saturated heterocycles. The highest BCUT2D eigenvalue weighted by molar-refractivity contribution is 9.18. The molecule has 2 aromatic carbocycles. The van der Waals surface area contributed by atoms with Crippen LogP contribution in [0.2, 0.25) is 0 Å². The van der Waals surface area contributed by atoms with Gasteiger partial charge in [0.1, 0.15) is 4.62 Å². The minimum absolute atomic E-state index is 0.0180. The summed E-state index contributed by atoms with van der Waals surface area (Å²) in [5, 5.41) is 14.9. The van der Waals surface area contributed by atoms with Gasteiger partial charge in [-0.15, -0.1) is 0 Å². The van der Waals surface area contributed by atoms with Crippen molar-refractivity contribution in [1.29, 1.82) is 0 Å². The minimum Gasteiger partial charge on any atom is -0.276 e. The van der Waals surface area contributed by atoms with E-state index in [2.05, 4.69) is 58.3 Å². The average Bonchev–Trinajstić information content (AvgIpc) is 2.46. The largest absolute Gasteiger partial charge is 0.276 e. The molecule has 0 aromatic heterocycles. The molecule has 0 amide bonds. The van der Waals surface area contributed by atoms with Crippen molar-refractivity contribution in [3.8, 4) is 0 Å². The van der Waals surface area contributed by atoms with Crippen molar-refractivity contribution in [2.24, 2.45) is 5.10 Å². The second-order valence-electron chi connectivity index (χ2n) is 3.95. The normalized spacial score (nSPS) is 11.3. The Balaban J connectivity index is 2.21. The molecule has 0 bridgehead atoms. The van der Waals surface area contributed by atoms with Crippen molar-refractivity contribution in [3.05, 3.63) is 67.1 Å². The summed E-state index contributed by atoms with van der Waals surface area (Å²) in [6.07, 6.45) is 0. The second-order valence-corrected chi connectivity index (χ2v) is 6.47. The summed E-state index contributed by atoms with van der Waals surface area (Å²) >= 11 is 10.1. The molecule has 2 rings (SSSR count). The molecule has 0 saturated carbocycles. The lowest BCUT2D eigenvalue weighted by molar-refractivity contribution is -0.384. The van der Waals surface area contributed by atoms with Crippen molar-refractivity contribution in [2.45, 2.75) is 0 Å². The predicted octanol–water partition coefficient (Wildman–Crippen LogP) is 5.29. The zero-order valence-electron chi connectivity index (χ0n) is 10.4. The van der Waals surface area contributed by atoms with Crippen molar-refractivity contribution in [3.63, 3.8) is 0 Å². The van der Waals surface area contributed by atoms with Crippen LogP contribution < -0.4 is 5.43 Å². The molecule has 2 aromatic rings. The maximum absolute atomic E-state index is 10.8. The number of hydrogen-bond acceptors (Lipinski definition) is 4. The number of hydrazone groups is 1. The van der Waals surface area contributed by atoms with Gasteiger partial charge in [-0.3, -0.25) is 15.5 Å². The molecule has 0 aliphatic carbocycles. The third-order valence-electron chi connectivity index (χ3n) is 2.50. The van der Waals surface area contributed by atoms with Crippen molar-refractivity contribution in [1.82, 2.24) is 0 Å². The van der Waals surface area contributed by atoms with Crippen LogP contribution in [0.15, 0.2) is 56.5 Å². The summed E-state index contributed by atoms with van der Waals surface area (Å²) in [7, 11) is 0. The van der Waals surface area contributed by atoms with Crippen LogP contribution >= 0.6 is 47.8 Å². The number of nitrogens with one attached hydrogen (secondary N) is 1. The van der Waals surface area contributed by atoms with Crippen LogP contribution in [0.5, 0.6) is 0 Å². The maximum Gasteiger partial charge on any atom is 0.270 e. The Morgan fingerprint density at radius 1 is 1.19 bits per heavy atom. The van der Waals surface area contributed by atoms with Crippen LogP contribution in [0.3, 0.4) is 0 Å². The van der Waals surface area contributed by atoms with E-state index in [-0.39, 0.29) is 5.69 Å². The molecule has 0 aliphatic rings. The monoisotopic (exact) mass is 475 g/mol. The number of nitro groups is 1. The molecular weight excluding hydrogens is 470 g/mol. The van der Waals surface area contributed by atoms with Gasteiger partial charge in [-0.05, 0) is 50.1 Å². The first kappa shape index (κ1) is 16.1. The lowest BCUT2D eigenvalue weighted by atomic mass is 10.2. The van der Waals surface area contributed by atoms with E-state index in [1.54, 1.807) is 12.1 Å². The SMILES string of the molecule is O=[N+]([O-])c1cccc(/C(Br)=N\Nc2ccc(Br)cc2Br)c1. The van der Waals surface area contributed by atoms with Gasteiger partial charge in [0, 0.05) is 26.6 Å². The van der Waals surface area contributed by atoms with Gasteiger partial charge in [-0.1, -0.05) is 28.1 Å². The van der Waals surface area contributed by atoms with Gasteiger partial charge in [-0.25, -0.2) is 0 Å². The van der Waals surface area contributed by atoms with Gasteiger partial charge in [0.25, 0.3) is 5.69 Å². The molecule has 0 unspecified atom stereocenters. The van der Waals surface area contributed by atoms with Crippen LogP contribution in [-0.4, -0.2) is 9.54 Å². The van der Waals surface area contributed by atoms with Gasteiger partial charge in [0.2, 0.25) is 0 Å². The molecule has 0 aliphatic heterocycles. The van der Waals surface area contributed by atoms with E-state index < -0.39 is 4.92 Å². The molecule has 0 spiro atoms. The molecule has 0 fully saturated rings. The molecule has 21 heavy (non-hydrogen) atoms. The third-order valence-corrected chi connectivity index (χ3v) is 4.29. The molecule has 8 heteroatoms. The Morgan fingerprint density at radius 3 is 2.62 bits per heavy atom. The highest BCUT2D eigenvalue weighted by Crippen LogP contribution is 2.26. The minimum atomic E-state index is -0.442. The Labute approximate surface area is 146 Å². The fraction of sp³-hybridized carbons (Fsp3) is 0. The van der Waals surface area contributed by atoms with Crippen molar-refractivity contribution >= 4 is 63.8 Å². The number of anilines is 1. The number of rotatable bonds is 4. The summed E-state index contributed by atoms with van der Waals surface area (Å²) in [5.74, 6) is 0. The first-order chi connectivity index (χ1) is 9.97. The van der Waals surface area contributed by atoms with Crippen molar-refractivity contribution in [2.75, 3.05) is 5.43 Å². The number of hydrogen-bond donors (Lipinski definition) is 1. The third kappa shape index (κ3) is 4.36. The molecule has 5 nitrogen and oxygen atoms in total. The van der Waals surface area contributed by atoms with E-state index in [4.69, 9.17) is 0 Å². The number of nitrogens with zero attached hydrogens (tertiary/aromatic N) is 2. The van der Waals surface area contributed by atoms with E-state index in [0.717, 1.165) is 14.6 Å². The lowest BCUT2D eigenvalue weighted by Crippen LogP contribution is -1.98. The van der Waals surface area contributed by atoms with Gasteiger partial charge >= 0.3 is 0 Å².